The van der Waals surface area contributed by atoms with E-state index in [-0.39, 0.29) is 17.1 Å². The molecule has 0 aliphatic heterocycles. The Balaban J connectivity index is 1.64. The quantitative estimate of drug-likeness (QED) is 0.308. The zero-order chi connectivity index (χ0) is 26.7. The van der Waals surface area contributed by atoms with Crippen LogP contribution in [0.15, 0.2) is 42.5 Å². The summed E-state index contributed by atoms with van der Waals surface area (Å²) in [5.41, 5.74) is 7.06. The van der Waals surface area contributed by atoms with Crippen LogP contribution in [0.3, 0.4) is 0 Å². The predicted octanol–water partition coefficient (Wildman–Crippen LogP) is 7.61. The van der Waals surface area contributed by atoms with Crippen molar-refractivity contribution < 1.29 is 9.59 Å². The van der Waals surface area contributed by atoms with Gasteiger partial charge in [0.2, 0.25) is 0 Å². The number of ketones is 1. The Morgan fingerprint density at radius 3 is 2.46 bits per heavy atom. The Hall–Kier alpha value is -3.21. The maximum absolute atomic E-state index is 13.4. The molecule has 0 spiro atoms. The van der Waals surface area contributed by atoms with Crippen LogP contribution in [0.1, 0.15) is 106 Å². The van der Waals surface area contributed by atoms with Crippen molar-refractivity contribution in [2.24, 2.45) is 0 Å². The Labute approximate surface area is 221 Å². The van der Waals surface area contributed by atoms with Gasteiger partial charge in [0.05, 0.1) is 0 Å². The number of imidazole rings is 1. The van der Waals surface area contributed by atoms with E-state index in [1.54, 1.807) is 6.92 Å². The fraction of sp³-hybridized carbons (Fsp3) is 0.469. The van der Waals surface area contributed by atoms with Crippen LogP contribution in [-0.2, 0) is 23.2 Å². The molecule has 1 aromatic heterocycles. The van der Waals surface area contributed by atoms with Gasteiger partial charge < -0.3 is 14.7 Å². The smallest absolute Gasteiger partial charge is 0.276 e. The van der Waals surface area contributed by atoms with Crippen molar-refractivity contribution in [1.82, 2.24) is 9.55 Å². The van der Waals surface area contributed by atoms with Gasteiger partial charge >= 0.3 is 0 Å². The first-order chi connectivity index (χ1) is 17.6. The third-order valence-electron chi connectivity index (χ3n) is 7.57. The number of rotatable bonds is 9. The van der Waals surface area contributed by atoms with Gasteiger partial charge in [-0.3, -0.25) is 4.79 Å². The first kappa shape index (κ1) is 26.8. The summed E-state index contributed by atoms with van der Waals surface area (Å²) in [4.78, 5) is 30.0. The highest BCUT2D eigenvalue weighted by atomic mass is 16.2. The molecule has 0 radical (unpaired) electrons. The maximum Gasteiger partial charge on any atom is 0.276 e. The molecule has 4 rings (SSSR count). The number of fused-ring (bicyclic) bond motifs is 1. The van der Waals surface area contributed by atoms with E-state index >= 15 is 0 Å². The number of aryl methyl sites for hydroxylation is 1. The summed E-state index contributed by atoms with van der Waals surface area (Å²) in [5.74, 6) is 1.23. The molecule has 5 heteroatoms. The van der Waals surface area contributed by atoms with E-state index in [1.807, 2.05) is 19.1 Å². The van der Waals surface area contributed by atoms with Gasteiger partial charge in [-0.25, -0.2) is 4.98 Å². The number of amides is 1. The molecule has 0 unspecified atom stereocenters. The average Bonchev–Trinajstić information content (AvgIpc) is 3.39. The van der Waals surface area contributed by atoms with E-state index in [0.717, 1.165) is 61.4 Å². The highest BCUT2D eigenvalue weighted by Gasteiger charge is 2.26. The van der Waals surface area contributed by atoms with E-state index < -0.39 is 0 Å². The van der Waals surface area contributed by atoms with Crippen molar-refractivity contribution in [3.63, 3.8) is 0 Å². The number of benzene rings is 2. The lowest BCUT2D eigenvalue weighted by atomic mass is 9.87. The molecule has 3 aromatic rings. The molecule has 1 aliphatic rings. The van der Waals surface area contributed by atoms with Crippen LogP contribution in [0.5, 0.6) is 0 Å². The molecule has 5 nitrogen and oxygen atoms in total. The molecule has 1 amide bonds. The number of hydrogen-bond donors (Lipinski definition) is 1. The van der Waals surface area contributed by atoms with E-state index in [2.05, 4.69) is 67.9 Å². The summed E-state index contributed by atoms with van der Waals surface area (Å²) in [7, 11) is 0. The van der Waals surface area contributed by atoms with Crippen LogP contribution in [0, 0.1) is 6.92 Å². The molecule has 37 heavy (non-hydrogen) atoms. The molecule has 1 N–H and O–H groups in total. The van der Waals surface area contributed by atoms with Crippen molar-refractivity contribution in [2.45, 2.75) is 97.9 Å². The topological polar surface area (TPSA) is 64.0 Å². The fourth-order valence-electron chi connectivity index (χ4n) is 5.41. The number of nitrogens with one attached hydrogen (secondary N) is 1. The number of anilines is 1. The lowest BCUT2D eigenvalue weighted by molar-refractivity contribution is -0.117. The molecule has 196 valence electrons. The van der Waals surface area contributed by atoms with Gasteiger partial charge in [-0.05, 0) is 79.3 Å². The highest BCUT2D eigenvalue weighted by molar-refractivity contribution is 6.04. The van der Waals surface area contributed by atoms with Crippen molar-refractivity contribution >= 4 is 17.4 Å². The lowest BCUT2D eigenvalue weighted by Crippen LogP contribution is -2.15. The van der Waals surface area contributed by atoms with E-state index in [4.69, 9.17) is 4.98 Å². The maximum atomic E-state index is 13.4. The number of Topliss-reactive ketones (excluding diaryl/α,β-unsaturated/α-hetero) is 1. The third kappa shape index (κ3) is 6.03. The van der Waals surface area contributed by atoms with E-state index in [1.165, 1.54) is 16.7 Å². The normalized spacial score (nSPS) is 15.0. The van der Waals surface area contributed by atoms with Crippen LogP contribution < -0.4 is 5.32 Å². The number of aromatic nitrogens is 2. The number of nitrogens with zero attached hydrogens (tertiary/aromatic N) is 2. The molecule has 0 saturated heterocycles. The van der Waals surface area contributed by atoms with Gasteiger partial charge in [0.15, 0.2) is 0 Å². The molecular formula is C32H41N3O2. The monoisotopic (exact) mass is 499 g/mol. The number of carbonyl (C=O) groups is 2. The van der Waals surface area contributed by atoms with Crippen LogP contribution in [-0.4, -0.2) is 21.2 Å². The molecule has 0 fully saturated rings. The summed E-state index contributed by atoms with van der Waals surface area (Å²) >= 11 is 0. The number of carbonyl (C=O) groups excluding carboxylic acids is 2. The van der Waals surface area contributed by atoms with Gasteiger partial charge in [-0.1, -0.05) is 64.8 Å². The summed E-state index contributed by atoms with van der Waals surface area (Å²) < 4.78 is 2.21. The van der Waals surface area contributed by atoms with Gasteiger partial charge in [-0.15, -0.1) is 0 Å². The fourth-order valence-corrected chi connectivity index (χ4v) is 5.41. The molecule has 1 heterocycles. The Morgan fingerprint density at radius 1 is 1.08 bits per heavy atom. The average molecular weight is 500 g/mol. The minimum atomic E-state index is -0.181. The standard InChI is InChI=1S/C32H41N3O2/c1-7-8-9-18-35-22(3)29(31(37)33-27-15-13-26(14-16-27)32(4,5)6)34-30(35)25-12-17-28-23(19-21(2)36)10-11-24(28)20-25/h12-17,20,23H,7-11,18-19H2,1-6H3,(H,33,37)/t23-/m0/s1. The third-order valence-corrected chi connectivity index (χ3v) is 7.57. The lowest BCUT2D eigenvalue weighted by Gasteiger charge is -2.19. The molecule has 1 aliphatic carbocycles. The second-order valence-corrected chi connectivity index (χ2v) is 11.6. The Morgan fingerprint density at radius 2 is 1.81 bits per heavy atom. The van der Waals surface area contributed by atoms with Gasteiger partial charge in [0, 0.05) is 29.9 Å². The summed E-state index contributed by atoms with van der Waals surface area (Å²) in [6, 6.07) is 14.6. The zero-order valence-electron chi connectivity index (χ0n) is 23.3. The van der Waals surface area contributed by atoms with E-state index in [9.17, 15) is 9.59 Å². The van der Waals surface area contributed by atoms with Crippen LogP contribution in [0.2, 0.25) is 0 Å². The van der Waals surface area contributed by atoms with Crippen LogP contribution >= 0.6 is 0 Å². The summed E-state index contributed by atoms with van der Waals surface area (Å²) in [6.45, 7) is 13.2. The SMILES string of the molecule is CCCCCn1c(-c2ccc3c(c2)CC[C@H]3CC(C)=O)nc(C(=O)Nc2ccc(C(C)(C)C)cc2)c1C. The molecule has 1 atom stereocenters. The number of hydrogen-bond acceptors (Lipinski definition) is 3. The largest absolute Gasteiger partial charge is 0.328 e. The molecular weight excluding hydrogens is 458 g/mol. The van der Waals surface area contributed by atoms with Gasteiger partial charge in [0.1, 0.15) is 17.3 Å². The molecule has 0 saturated carbocycles. The van der Waals surface area contributed by atoms with Crippen molar-refractivity contribution in [3.8, 4) is 11.4 Å². The highest BCUT2D eigenvalue weighted by Crippen LogP contribution is 2.38. The van der Waals surface area contributed by atoms with E-state index in [0.29, 0.717) is 18.0 Å². The van der Waals surface area contributed by atoms with Gasteiger partial charge in [-0.2, -0.15) is 0 Å². The first-order valence-corrected chi connectivity index (χ1v) is 13.7. The predicted molar refractivity (Wildman–Crippen MR) is 151 cm³/mol. The second-order valence-electron chi connectivity index (χ2n) is 11.6. The summed E-state index contributed by atoms with van der Waals surface area (Å²) in [6.07, 6.45) is 5.92. The zero-order valence-corrected chi connectivity index (χ0v) is 23.3. The van der Waals surface area contributed by atoms with Crippen molar-refractivity contribution in [3.05, 3.63) is 70.5 Å². The van der Waals surface area contributed by atoms with Crippen molar-refractivity contribution in [2.75, 3.05) is 5.32 Å². The number of unbranched alkanes of at least 4 members (excludes halogenated alkanes) is 2. The molecule has 0 bridgehead atoms. The Bertz CT molecular complexity index is 1280. The second kappa shape index (κ2) is 11.0. The van der Waals surface area contributed by atoms with Gasteiger partial charge in [0.25, 0.3) is 5.91 Å². The van der Waals surface area contributed by atoms with Crippen LogP contribution in [0.25, 0.3) is 11.4 Å². The minimum Gasteiger partial charge on any atom is -0.328 e. The Kier molecular flexibility index (Phi) is 8.01. The van der Waals surface area contributed by atoms with Crippen LogP contribution in [0.4, 0.5) is 5.69 Å². The summed E-state index contributed by atoms with van der Waals surface area (Å²) in [5, 5.41) is 3.06. The molecule has 2 aromatic carbocycles. The first-order valence-electron chi connectivity index (χ1n) is 13.7. The van der Waals surface area contributed by atoms with Crippen molar-refractivity contribution in [1.29, 1.82) is 0 Å². The minimum absolute atomic E-state index is 0.0627.